The number of amidine groups is 1. The molecule has 1 atom stereocenters. The smallest absolute Gasteiger partial charge is 0.217 e. The summed E-state index contributed by atoms with van der Waals surface area (Å²) < 4.78 is 0.943. The highest BCUT2D eigenvalue weighted by Crippen LogP contribution is 2.17. The van der Waals surface area contributed by atoms with Crippen LogP contribution in [0.2, 0.25) is 0 Å². The molecule has 114 valence electrons. The number of quaternary nitrogens is 1. The van der Waals surface area contributed by atoms with Crippen LogP contribution in [-0.2, 0) is 4.79 Å². The van der Waals surface area contributed by atoms with Crippen LogP contribution >= 0.6 is 0 Å². The molecule has 0 fully saturated rings. The predicted octanol–water partition coefficient (Wildman–Crippen LogP) is 2.51. The fourth-order valence-electron chi connectivity index (χ4n) is 2.72. The van der Waals surface area contributed by atoms with Crippen LogP contribution in [0.4, 0.5) is 0 Å². The van der Waals surface area contributed by atoms with Crippen LogP contribution in [0.25, 0.3) is 0 Å². The van der Waals surface area contributed by atoms with Crippen LogP contribution in [0.5, 0.6) is 0 Å². The molecular formula is C16H30N3O+. The zero-order chi connectivity index (χ0) is 14.8. The van der Waals surface area contributed by atoms with Gasteiger partial charge in [-0.15, -0.1) is 0 Å². The normalized spacial score (nSPS) is 22.2. The second kappa shape index (κ2) is 8.90. The molecule has 20 heavy (non-hydrogen) atoms. The Kier molecular flexibility index (Phi) is 7.52. The van der Waals surface area contributed by atoms with Gasteiger partial charge in [0.2, 0.25) is 11.7 Å². The molecule has 0 radical (unpaired) electrons. The van der Waals surface area contributed by atoms with E-state index in [1.165, 1.54) is 25.1 Å². The van der Waals surface area contributed by atoms with Crippen LogP contribution < -0.4 is 5.32 Å². The van der Waals surface area contributed by atoms with Gasteiger partial charge in [-0.2, -0.15) is 0 Å². The highest BCUT2D eigenvalue weighted by atomic mass is 16.1. The maximum atomic E-state index is 11.0. The summed E-state index contributed by atoms with van der Waals surface area (Å²) in [4.78, 5) is 15.7. The lowest BCUT2D eigenvalue weighted by molar-refractivity contribution is -0.832. The monoisotopic (exact) mass is 280 g/mol. The maximum absolute atomic E-state index is 11.0. The number of carbonyl (C=O) groups is 1. The number of hydrogen-bond acceptors (Lipinski definition) is 2. The quantitative estimate of drug-likeness (QED) is 0.393. The van der Waals surface area contributed by atoms with Crippen molar-refractivity contribution in [2.24, 2.45) is 4.99 Å². The zero-order valence-corrected chi connectivity index (χ0v) is 13.3. The number of rotatable bonds is 9. The lowest BCUT2D eigenvalue weighted by Gasteiger charge is -2.33. The molecule has 1 rings (SSSR count). The molecule has 1 aliphatic heterocycles. The number of unbranched alkanes of at least 4 members (excludes halogenated alkanes) is 2. The van der Waals surface area contributed by atoms with E-state index in [1.54, 1.807) is 6.92 Å². The molecule has 0 aliphatic carbocycles. The molecule has 0 saturated heterocycles. The van der Waals surface area contributed by atoms with Crippen molar-refractivity contribution in [3.05, 3.63) is 12.2 Å². The van der Waals surface area contributed by atoms with E-state index in [0.29, 0.717) is 0 Å². The van der Waals surface area contributed by atoms with E-state index >= 15 is 0 Å². The SMILES string of the molecule is CCCC/C=C/CC1=NCC[N+]1(CC)CCNC(C)=O. The first-order valence-electron chi connectivity index (χ1n) is 7.94. The Balaban J connectivity index is 2.50. The first-order valence-corrected chi connectivity index (χ1v) is 7.94. The van der Waals surface area contributed by atoms with E-state index in [1.807, 2.05) is 0 Å². The molecule has 1 N–H and O–H groups in total. The zero-order valence-electron chi connectivity index (χ0n) is 13.3. The third kappa shape index (κ3) is 5.08. The molecular weight excluding hydrogens is 250 g/mol. The van der Waals surface area contributed by atoms with Gasteiger partial charge in [0, 0.05) is 6.92 Å². The Morgan fingerprint density at radius 1 is 1.40 bits per heavy atom. The van der Waals surface area contributed by atoms with Crippen molar-refractivity contribution in [2.75, 3.05) is 32.7 Å². The molecule has 0 aromatic carbocycles. The molecule has 1 aliphatic rings. The number of aliphatic imine (C=N–C) groups is 1. The summed E-state index contributed by atoms with van der Waals surface area (Å²) >= 11 is 0. The third-order valence-electron chi connectivity index (χ3n) is 4.08. The van der Waals surface area contributed by atoms with Gasteiger partial charge in [0.15, 0.2) is 0 Å². The summed E-state index contributed by atoms with van der Waals surface area (Å²) in [5.74, 6) is 1.34. The van der Waals surface area contributed by atoms with Gasteiger partial charge in [-0.05, 0) is 13.3 Å². The van der Waals surface area contributed by atoms with E-state index in [4.69, 9.17) is 4.99 Å². The summed E-state index contributed by atoms with van der Waals surface area (Å²) in [6.45, 7) is 10.8. The highest BCUT2D eigenvalue weighted by Gasteiger charge is 2.35. The van der Waals surface area contributed by atoms with Gasteiger partial charge < -0.3 is 5.32 Å². The van der Waals surface area contributed by atoms with E-state index in [0.717, 1.165) is 43.6 Å². The third-order valence-corrected chi connectivity index (χ3v) is 4.08. The Labute approximate surface area is 123 Å². The van der Waals surface area contributed by atoms with Crippen molar-refractivity contribution in [3.63, 3.8) is 0 Å². The summed E-state index contributed by atoms with van der Waals surface area (Å²) in [6, 6.07) is 0. The Bertz CT molecular complexity index is 363. The van der Waals surface area contributed by atoms with Gasteiger partial charge in [-0.1, -0.05) is 31.9 Å². The minimum atomic E-state index is 0.0522. The van der Waals surface area contributed by atoms with Crippen LogP contribution in [-0.4, -0.2) is 48.9 Å². The van der Waals surface area contributed by atoms with Crippen LogP contribution in [0.15, 0.2) is 17.1 Å². The summed E-state index contributed by atoms with van der Waals surface area (Å²) in [5.41, 5.74) is 0. The van der Waals surface area contributed by atoms with Crippen molar-refractivity contribution < 1.29 is 9.28 Å². The molecule has 0 bridgehead atoms. The first-order chi connectivity index (χ1) is 9.64. The molecule has 0 aromatic rings. The molecule has 0 aromatic heterocycles. The van der Waals surface area contributed by atoms with Crippen molar-refractivity contribution in [1.29, 1.82) is 0 Å². The lowest BCUT2D eigenvalue weighted by Crippen LogP contribution is -2.53. The molecule has 0 spiro atoms. The number of allylic oxidation sites excluding steroid dienone is 1. The highest BCUT2D eigenvalue weighted by molar-refractivity contribution is 5.78. The fraction of sp³-hybridized carbons (Fsp3) is 0.750. The molecule has 4 heteroatoms. The minimum Gasteiger partial charge on any atom is -0.351 e. The number of carbonyl (C=O) groups excluding carboxylic acids is 1. The van der Waals surface area contributed by atoms with Gasteiger partial charge in [-0.25, -0.2) is 4.99 Å². The van der Waals surface area contributed by atoms with Gasteiger partial charge in [0.1, 0.15) is 13.1 Å². The average Bonchev–Trinajstić information content (AvgIpc) is 2.82. The second-order valence-electron chi connectivity index (χ2n) is 5.51. The Hall–Kier alpha value is -1.16. The number of hydrogen-bond donors (Lipinski definition) is 1. The van der Waals surface area contributed by atoms with Crippen molar-refractivity contribution >= 4 is 11.7 Å². The predicted molar refractivity (Wildman–Crippen MR) is 84.8 cm³/mol. The molecule has 1 heterocycles. The molecule has 0 saturated carbocycles. The summed E-state index contributed by atoms with van der Waals surface area (Å²) in [6.07, 6.45) is 9.18. The standard InChI is InChI=1S/C16H29N3O/c1-4-6-7-8-9-10-16-18-12-14-19(16,5-2)13-11-17-15(3)20/h8-9H,4-7,10-14H2,1-3H3/p+1/b9-8+. The second-order valence-corrected chi connectivity index (χ2v) is 5.51. The van der Waals surface area contributed by atoms with Crippen molar-refractivity contribution in [3.8, 4) is 0 Å². The van der Waals surface area contributed by atoms with Gasteiger partial charge in [0.05, 0.1) is 26.1 Å². The van der Waals surface area contributed by atoms with E-state index in [-0.39, 0.29) is 5.91 Å². The summed E-state index contributed by atoms with van der Waals surface area (Å²) in [7, 11) is 0. The van der Waals surface area contributed by atoms with Crippen molar-refractivity contribution in [2.45, 2.75) is 46.5 Å². The van der Waals surface area contributed by atoms with E-state index < -0.39 is 0 Å². The van der Waals surface area contributed by atoms with E-state index in [2.05, 4.69) is 31.3 Å². The van der Waals surface area contributed by atoms with Crippen LogP contribution in [0, 0.1) is 0 Å². The Morgan fingerprint density at radius 3 is 2.85 bits per heavy atom. The fourth-order valence-corrected chi connectivity index (χ4v) is 2.72. The number of nitrogens with zero attached hydrogens (tertiary/aromatic N) is 2. The van der Waals surface area contributed by atoms with E-state index in [9.17, 15) is 4.79 Å². The average molecular weight is 280 g/mol. The summed E-state index contributed by atoms with van der Waals surface area (Å²) in [5, 5.41) is 2.91. The molecule has 1 amide bonds. The number of likely N-dealkylation sites (N-methyl/N-ethyl adjacent to an activating group) is 1. The number of nitrogens with one attached hydrogen (secondary N) is 1. The molecule has 4 nitrogen and oxygen atoms in total. The van der Waals surface area contributed by atoms with Crippen LogP contribution in [0.1, 0.15) is 46.5 Å². The molecule has 1 unspecified atom stereocenters. The minimum absolute atomic E-state index is 0.0522. The van der Waals surface area contributed by atoms with Gasteiger partial charge in [0.25, 0.3) is 0 Å². The lowest BCUT2D eigenvalue weighted by atomic mass is 10.2. The van der Waals surface area contributed by atoms with Gasteiger partial charge >= 0.3 is 0 Å². The van der Waals surface area contributed by atoms with Crippen LogP contribution in [0.3, 0.4) is 0 Å². The van der Waals surface area contributed by atoms with Crippen molar-refractivity contribution in [1.82, 2.24) is 5.32 Å². The number of amides is 1. The largest absolute Gasteiger partial charge is 0.351 e. The topological polar surface area (TPSA) is 41.5 Å². The maximum Gasteiger partial charge on any atom is 0.217 e. The first kappa shape index (κ1) is 16.9. The Morgan fingerprint density at radius 2 is 2.20 bits per heavy atom. The van der Waals surface area contributed by atoms with Gasteiger partial charge in [-0.3, -0.25) is 9.28 Å².